The van der Waals surface area contributed by atoms with Gasteiger partial charge in [0.25, 0.3) is 0 Å². The van der Waals surface area contributed by atoms with Gasteiger partial charge in [-0.3, -0.25) is 9.48 Å². The van der Waals surface area contributed by atoms with Crippen LogP contribution in [0.3, 0.4) is 0 Å². The van der Waals surface area contributed by atoms with Gasteiger partial charge in [0.15, 0.2) is 0 Å². The molecular formula is C18H22N4O2. The van der Waals surface area contributed by atoms with Crippen LogP contribution in [0.2, 0.25) is 0 Å². The minimum absolute atomic E-state index is 0.0823. The highest BCUT2D eigenvalue weighted by Gasteiger charge is 2.53. The van der Waals surface area contributed by atoms with Crippen LogP contribution in [0.5, 0.6) is 0 Å². The lowest BCUT2D eigenvalue weighted by molar-refractivity contribution is -0.127. The summed E-state index contributed by atoms with van der Waals surface area (Å²) in [6.45, 7) is 1.37. The largest absolute Gasteiger partial charge is 0.377 e. The van der Waals surface area contributed by atoms with Crippen LogP contribution in [0, 0.1) is 11.8 Å². The molecule has 6 nitrogen and oxygen atoms in total. The molecule has 2 fully saturated rings. The average Bonchev–Trinajstić information content (AvgIpc) is 3.27. The third-order valence-corrected chi connectivity index (χ3v) is 5.20. The fraction of sp³-hybridized carbons (Fsp3) is 0.500. The summed E-state index contributed by atoms with van der Waals surface area (Å²) in [5, 5.41) is 7.27. The number of aryl methyl sites for hydroxylation is 1. The topological polar surface area (TPSA) is 69.0 Å². The summed E-state index contributed by atoms with van der Waals surface area (Å²) in [6, 6.07) is 10.7. The Hall–Kier alpha value is -2.21. The second-order valence-electron chi connectivity index (χ2n) is 6.64. The number of nitrogens with one attached hydrogen (secondary N) is 1. The first kappa shape index (κ1) is 15.3. The maximum absolute atomic E-state index is 12.3. The van der Waals surface area contributed by atoms with E-state index in [1.54, 1.807) is 11.0 Å². The van der Waals surface area contributed by atoms with Gasteiger partial charge in [-0.2, -0.15) is 5.10 Å². The van der Waals surface area contributed by atoms with Crippen LogP contribution in [0.15, 0.2) is 43.0 Å². The first-order chi connectivity index (χ1) is 11.8. The van der Waals surface area contributed by atoms with Crippen molar-refractivity contribution >= 4 is 5.91 Å². The van der Waals surface area contributed by atoms with Gasteiger partial charge in [0.2, 0.25) is 5.91 Å². The van der Waals surface area contributed by atoms with Crippen LogP contribution in [0.25, 0.3) is 0 Å². The number of amides is 1. The van der Waals surface area contributed by atoms with Crippen molar-refractivity contribution in [3.63, 3.8) is 0 Å². The monoisotopic (exact) mass is 326 g/mol. The quantitative estimate of drug-likeness (QED) is 0.872. The second kappa shape index (κ2) is 6.73. The highest BCUT2D eigenvalue weighted by atomic mass is 16.5. The first-order valence-corrected chi connectivity index (χ1v) is 8.58. The summed E-state index contributed by atoms with van der Waals surface area (Å²) < 4.78 is 7.58. The summed E-state index contributed by atoms with van der Waals surface area (Å²) in [7, 11) is 0. The lowest BCUT2D eigenvalue weighted by Gasteiger charge is -2.48. The molecular weight excluding hydrogens is 304 g/mol. The predicted molar refractivity (Wildman–Crippen MR) is 88.1 cm³/mol. The molecule has 0 unspecified atom stereocenters. The van der Waals surface area contributed by atoms with Crippen molar-refractivity contribution in [3.8, 4) is 0 Å². The molecule has 1 aromatic heterocycles. The molecule has 1 amide bonds. The van der Waals surface area contributed by atoms with Crippen molar-refractivity contribution in [2.45, 2.75) is 38.0 Å². The number of carbonyl (C=O) groups is 1. The molecule has 1 saturated carbocycles. The molecule has 0 bridgehead atoms. The SMILES string of the molecule is O=C(CCn1cncn1)N[C@@H]1[C@@H](Cc2ccccc2)[C@H]2OCC[C@@H]12. The highest BCUT2D eigenvalue weighted by molar-refractivity contribution is 5.76. The van der Waals surface area contributed by atoms with E-state index in [0.717, 1.165) is 19.4 Å². The van der Waals surface area contributed by atoms with Crippen LogP contribution < -0.4 is 5.32 Å². The summed E-state index contributed by atoms with van der Waals surface area (Å²) >= 11 is 0. The van der Waals surface area contributed by atoms with Gasteiger partial charge in [0.1, 0.15) is 12.7 Å². The van der Waals surface area contributed by atoms with E-state index in [0.29, 0.717) is 30.9 Å². The average molecular weight is 326 g/mol. The van der Waals surface area contributed by atoms with E-state index in [4.69, 9.17) is 4.74 Å². The first-order valence-electron chi connectivity index (χ1n) is 8.58. The number of aromatic nitrogens is 3. The molecule has 24 heavy (non-hydrogen) atoms. The van der Waals surface area contributed by atoms with Gasteiger partial charge in [-0.1, -0.05) is 30.3 Å². The zero-order chi connectivity index (χ0) is 16.4. The molecule has 6 heteroatoms. The minimum Gasteiger partial charge on any atom is -0.377 e. The zero-order valence-electron chi connectivity index (χ0n) is 13.5. The van der Waals surface area contributed by atoms with Crippen LogP contribution in [0.1, 0.15) is 18.4 Å². The van der Waals surface area contributed by atoms with Crippen molar-refractivity contribution in [1.82, 2.24) is 20.1 Å². The Morgan fingerprint density at radius 3 is 3.00 bits per heavy atom. The van der Waals surface area contributed by atoms with E-state index >= 15 is 0 Å². The molecule has 1 aromatic carbocycles. The van der Waals surface area contributed by atoms with Crippen molar-refractivity contribution in [3.05, 3.63) is 48.5 Å². The molecule has 0 spiro atoms. The Kier molecular flexibility index (Phi) is 4.30. The molecule has 2 aliphatic rings. The minimum atomic E-state index is 0.0823. The number of hydrogen-bond acceptors (Lipinski definition) is 4. The number of fused-ring (bicyclic) bond motifs is 1. The van der Waals surface area contributed by atoms with Crippen LogP contribution in [0.4, 0.5) is 0 Å². The van der Waals surface area contributed by atoms with E-state index in [-0.39, 0.29) is 11.9 Å². The molecule has 1 saturated heterocycles. The molecule has 126 valence electrons. The van der Waals surface area contributed by atoms with Gasteiger partial charge in [0, 0.05) is 30.9 Å². The van der Waals surface area contributed by atoms with E-state index < -0.39 is 0 Å². The van der Waals surface area contributed by atoms with Gasteiger partial charge in [-0.15, -0.1) is 0 Å². The Balaban J connectivity index is 1.36. The van der Waals surface area contributed by atoms with Crippen molar-refractivity contribution < 1.29 is 9.53 Å². The van der Waals surface area contributed by atoms with E-state index in [2.05, 4.69) is 39.7 Å². The highest BCUT2D eigenvalue weighted by Crippen LogP contribution is 2.45. The lowest BCUT2D eigenvalue weighted by atomic mass is 9.64. The Bertz CT molecular complexity index is 674. The van der Waals surface area contributed by atoms with E-state index in [1.165, 1.54) is 11.9 Å². The lowest BCUT2D eigenvalue weighted by Crippen LogP contribution is -2.62. The smallest absolute Gasteiger partial charge is 0.222 e. The maximum atomic E-state index is 12.3. The van der Waals surface area contributed by atoms with E-state index in [1.807, 2.05) is 6.07 Å². The van der Waals surface area contributed by atoms with Gasteiger partial charge >= 0.3 is 0 Å². The Labute approximate surface area is 141 Å². The maximum Gasteiger partial charge on any atom is 0.222 e. The molecule has 1 aliphatic carbocycles. The molecule has 4 atom stereocenters. The fourth-order valence-corrected chi connectivity index (χ4v) is 4.00. The number of hydrogen-bond donors (Lipinski definition) is 1. The van der Waals surface area contributed by atoms with Crippen LogP contribution >= 0.6 is 0 Å². The standard InChI is InChI=1S/C18H22N4O2/c23-16(6-8-22-12-19-11-20-22)21-17-14-7-9-24-18(14)15(17)10-13-4-2-1-3-5-13/h1-5,11-12,14-15,17-18H,6-10H2,(H,21,23)/t14-,15+,17-,18-/m0/s1. The number of benzene rings is 1. The summed E-state index contributed by atoms with van der Waals surface area (Å²) in [4.78, 5) is 16.2. The third kappa shape index (κ3) is 3.06. The van der Waals surface area contributed by atoms with Gasteiger partial charge in [-0.05, 0) is 18.4 Å². The zero-order valence-corrected chi connectivity index (χ0v) is 13.5. The number of nitrogens with zero attached hydrogens (tertiary/aromatic N) is 3. The van der Waals surface area contributed by atoms with Gasteiger partial charge in [-0.25, -0.2) is 4.98 Å². The number of rotatable bonds is 6. The van der Waals surface area contributed by atoms with Crippen LogP contribution in [-0.4, -0.2) is 39.4 Å². The Morgan fingerprint density at radius 1 is 1.33 bits per heavy atom. The molecule has 0 radical (unpaired) electrons. The van der Waals surface area contributed by atoms with E-state index in [9.17, 15) is 4.79 Å². The predicted octanol–water partition coefficient (Wildman–Crippen LogP) is 1.43. The van der Waals surface area contributed by atoms with Crippen LogP contribution in [-0.2, 0) is 22.5 Å². The summed E-state index contributed by atoms with van der Waals surface area (Å²) in [6.07, 6.45) is 5.84. The summed E-state index contributed by atoms with van der Waals surface area (Å²) in [5.74, 6) is 0.920. The molecule has 4 rings (SSSR count). The molecule has 2 heterocycles. The fourth-order valence-electron chi connectivity index (χ4n) is 4.00. The number of carbonyl (C=O) groups excluding carboxylic acids is 1. The van der Waals surface area contributed by atoms with Gasteiger partial charge < -0.3 is 10.1 Å². The number of ether oxygens (including phenoxy) is 1. The van der Waals surface area contributed by atoms with Gasteiger partial charge in [0.05, 0.1) is 12.6 Å². The molecule has 2 aromatic rings. The second-order valence-corrected chi connectivity index (χ2v) is 6.64. The molecule has 1 aliphatic heterocycles. The summed E-state index contributed by atoms with van der Waals surface area (Å²) in [5.41, 5.74) is 1.30. The van der Waals surface area contributed by atoms with Crippen molar-refractivity contribution in [1.29, 1.82) is 0 Å². The van der Waals surface area contributed by atoms with Crippen molar-refractivity contribution in [2.24, 2.45) is 11.8 Å². The van der Waals surface area contributed by atoms with Crippen molar-refractivity contribution in [2.75, 3.05) is 6.61 Å². The third-order valence-electron chi connectivity index (χ3n) is 5.20. The Morgan fingerprint density at radius 2 is 2.21 bits per heavy atom. The molecule has 1 N–H and O–H groups in total. The normalized spacial score (nSPS) is 28.2.